The first-order valence-electron chi connectivity index (χ1n) is 8.95. The molecule has 0 saturated heterocycles. The van der Waals surface area contributed by atoms with Gasteiger partial charge in [-0.05, 0) is 37.1 Å². The van der Waals surface area contributed by atoms with Crippen molar-refractivity contribution in [2.45, 2.75) is 44.5 Å². The molecular weight excluding hydrogens is 357 g/mol. The highest BCUT2D eigenvalue weighted by atomic mass is 19.4. The van der Waals surface area contributed by atoms with E-state index in [1.54, 1.807) is 16.8 Å². The molecule has 0 atom stereocenters. The van der Waals surface area contributed by atoms with Crippen LogP contribution in [0, 0.1) is 0 Å². The summed E-state index contributed by atoms with van der Waals surface area (Å²) >= 11 is 0. The molecule has 5 nitrogen and oxygen atoms in total. The van der Waals surface area contributed by atoms with Crippen LogP contribution in [0.4, 0.5) is 19.0 Å². The minimum Gasteiger partial charge on any atom is -0.406 e. The van der Waals surface area contributed by atoms with Crippen molar-refractivity contribution in [1.82, 2.24) is 14.6 Å². The van der Waals surface area contributed by atoms with Gasteiger partial charge in [-0.1, -0.05) is 31.4 Å². The van der Waals surface area contributed by atoms with Crippen molar-refractivity contribution in [2.24, 2.45) is 0 Å². The Kier molecular flexibility index (Phi) is 4.63. The normalized spacial score (nSPS) is 15.8. The predicted octanol–water partition coefficient (Wildman–Crippen LogP) is 5.04. The van der Waals surface area contributed by atoms with Crippen molar-refractivity contribution in [2.75, 3.05) is 5.32 Å². The molecule has 8 heteroatoms. The highest BCUT2D eigenvalue weighted by Crippen LogP contribution is 2.28. The number of hydrogen-bond donors (Lipinski definition) is 1. The Labute approximate surface area is 154 Å². The Hall–Kier alpha value is -2.77. The number of aromatic nitrogens is 3. The van der Waals surface area contributed by atoms with Crippen LogP contribution in [0.1, 0.15) is 32.1 Å². The van der Waals surface area contributed by atoms with Crippen LogP contribution in [-0.2, 0) is 0 Å². The first kappa shape index (κ1) is 17.6. The van der Waals surface area contributed by atoms with E-state index in [2.05, 4.69) is 20.1 Å². The molecule has 0 unspecified atom stereocenters. The van der Waals surface area contributed by atoms with Gasteiger partial charge in [0.1, 0.15) is 11.6 Å². The molecule has 1 aliphatic rings. The number of alkyl halides is 3. The zero-order valence-electron chi connectivity index (χ0n) is 14.5. The summed E-state index contributed by atoms with van der Waals surface area (Å²) in [5, 5.41) is 8.04. The van der Waals surface area contributed by atoms with E-state index in [0.29, 0.717) is 22.9 Å². The number of nitrogens with one attached hydrogen (secondary N) is 1. The number of imidazole rings is 1. The van der Waals surface area contributed by atoms with Gasteiger partial charge in [0.05, 0.1) is 11.9 Å². The second kappa shape index (κ2) is 7.09. The Bertz CT molecular complexity index is 932. The summed E-state index contributed by atoms with van der Waals surface area (Å²) in [7, 11) is 0. The summed E-state index contributed by atoms with van der Waals surface area (Å²) in [6, 6.07) is 9.94. The van der Waals surface area contributed by atoms with Crippen LogP contribution in [0.5, 0.6) is 5.75 Å². The summed E-state index contributed by atoms with van der Waals surface area (Å²) in [6.45, 7) is 0. The van der Waals surface area contributed by atoms with E-state index in [4.69, 9.17) is 0 Å². The first-order valence-corrected chi connectivity index (χ1v) is 8.95. The molecule has 0 spiro atoms. The van der Waals surface area contributed by atoms with E-state index >= 15 is 0 Å². The molecule has 0 amide bonds. The third kappa shape index (κ3) is 4.15. The number of halogens is 3. The lowest BCUT2D eigenvalue weighted by Gasteiger charge is -2.23. The number of nitrogens with zero attached hydrogens (tertiary/aromatic N) is 3. The number of benzene rings is 1. The Morgan fingerprint density at radius 1 is 1.07 bits per heavy atom. The van der Waals surface area contributed by atoms with Crippen LogP contribution in [-0.4, -0.2) is 27.0 Å². The highest BCUT2D eigenvalue weighted by molar-refractivity contribution is 5.65. The molecule has 0 radical (unpaired) electrons. The van der Waals surface area contributed by atoms with Crippen molar-refractivity contribution in [3.63, 3.8) is 0 Å². The van der Waals surface area contributed by atoms with Crippen LogP contribution < -0.4 is 10.1 Å². The molecule has 2 aromatic heterocycles. The monoisotopic (exact) mass is 376 g/mol. The van der Waals surface area contributed by atoms with Crippen LogP contribution in [0.2, 0.25) is 0 Å². The van der Waals surface area contributed by atoms with E-state index in [0.717, 1.165) is 18.7 Å². The molecule has 2 heterocycles. The Balaban J connectivity index is 1.64. The number of ether oxygens (including phenoxy) is 1. The van der Waals surface area contributed by atoms with Gasteiger partial charge in [-0.25, -0.2) is 9.50 Å². The fraction of sp³-hybridized carbons (Fsp3) is 0.368. The van der Waals surface area contributed by atoms with Crippen LogP contribution in [0.3, 0.4) is 0 Å². The van der Waals surface area contributed by atoms with Gasteiger partial charge in [-0.15, -0.1) is 18.3 Å². The van der Waals surface area contributed by atoms with E-state index < -0.39 is 6.36 Å². The van der Waals surface area contributed by atoms with E-state index in [9.17, 15) is 13.2 Å². The molecule has 1 N–H and O–H groups in total. The number of rotatable bonds is 4. The lowest BCUT2D eigenvalue weighted by Crippen LogP contribution is -2.23. The first-order chi connectivity index (χ1) is 13.0. The topological polar surface area (TPSA) is 51.5 Å². The molecule has 3 aromatic rings. The molecule has 0 aliphatic heterocycles. The summed E-state index contributed by atoms with van der Waals surface area (Å²) < 4.78 is 43.1. The van der Waals surface area contributed by atoms with E-state index in [1.807, 2.05) is 12.1 Å². The van der Waals surface area contributed by atoms with Crippen molar-refractivity contribution in [1.29, 1.82) is 0 Å². The highest BCUT2D eigenvalue weighted by Gasteiger charge is 2.31. The molecule has 1 fully saturated rings. The minimum atomic E-state index is -4.73. The number of fused-ring (bicyclic) bond motifs is 1. The molecule has 1 saturated carbocycles. The zero-order valence-corrected chi connectivity index (χ0v) is 14.5. The van der Waals surface area contributed by atoms with Crippen molar-refractivity contribution in [3.8, 4) is 17.0 Å². The van der Waals surface area contributed by atoms with Crippen molar-refractivity contribution >= 4 is 11.5 Å². The Morgan fingerprint density at radius 2 is 1.89 bits per heavy atom. The Morgan fingerprint density at radius 3 is 2.67 bits per heavy atom. The average Bonchev–Trinajstić information content (AvgIpc) is 3.05. The van der Waals surface area contributed by atoms with Gasteiger partial charge in [0, 0.05) is 11.6 Å². The molecule has 27 heavy (non-hydrogen) atoms. The summed E-state index contributed by atoms with van der Waals surface area (Å²) in [6.07, 6.45) is 2.80. The summed E-state index contributed by atoms with van der Waals surface area (Å²) in [5.41, 5.74) is 1.78. The third-order valence-electron chi connectivity index (χ3n) is 4.68. The SMILES string of the molecule is FC(F)(F)Oc1cccc(-c2cnc3ccc(NC4CCCCC4)nn23)c1. The summed E-state index contributed by atoms with van der Waals surface area (Å²) in [4.78, 5) is 4.30. The van der Waals surface area contributed by atoms with Gasteiger partial charge in [0.2, 0.25) is 0 Å². The van der Waals surface area contributed by atoms with Crippen LogP contribution in [0.25, 0.3) is 16.9 Å². The summed E-state index contributed by atoms with van der Waals surface area (Å²) in [5.74, 6) is 0.461. The van der Waals surface area contributed by atoms with Crippen LogP contribution >= 0.6 is 0 Å². The molecule has 142 valence electrons. The predicted molar refractivity (Wildman–Crippen MR) is 95.6 cm³/mol. The average molecular weight is 376 g/mol. The maximum atomic E-state index is 12.5. The molecular formula is C19H19F3N4O. The second-order valence-electron chi connectivity index (χ2n) is 6.69. The third-order valence-corrected chi connectivity index (χ3v) is 4.68. The molecule has 1 aliphatic carbocycles. The van der Waals surface area contributed by atoms with Gasteiger partial charge in [0.15, 0.2) is 5.65 Å². The van der Waals surface area contributed by atoms with Gasteiger partial charge in [-0.3, -0.25) is 0 Å². The van der Waals surface area contributed by atoms with Crippen molar-refractivity contribution in [3.05, 3.63) is 42.6 Å². The minimum absolute atomic E-state index is 0.272. The van der Waals surface area contributed by atoms with Crippen LogP contribution in [0.15, 0.2) is 42.6 Å². The fourth-order valence-electron chi connectivity index (χ4n) is 3.46. The maximum absolute atomic E-state index is 12.5. The second-order valence-corrected chi connectivity index (χ2v) is 6.69. The van der Waals surface area contributed by atoms with Gasteiger partial charge in [0.25, 0.3) is 0 Å². The zero-order chi connectivity index (χ0) is 18.9. The number of anilines is 1. The molecule has 0 bridgehead atoms. The van der Waals surface area contributed by atoms with Gasteiger partial charge in [-0.2, -0.15) is 0 Å². The maximum Gasteiger partial charge on any atom is 0.573 e. The van der Waals surface area contributed by atoms with Gasteiger partial charge >= 0.3 is 6.36 Å². The standard InChI is InChI=1S/C19H19F3N4O/c20-19(21,22)27-15-8-4-5-13(11-15)16-12-23-18-10-9-17(25-26(16)18)24-14-6-2-1-3-7-14/h4-5,8-12,14H,1-3,6-7H2,(H,24,25). The lowest BCUT2D eigenvalue weighted by molar-refractivity contribution is -0.274. The fourth-order valence-corrected chi connectivity index (χ4v) is 3.46. The molecule has 1 aromatic carbocycles. The smallest absolute Gasteiger partial charge is 0.406 e. The van der Waals surface area contributed by atoms with Gasteiger partial charge < -0.3 is 10.1 Å². The largest absolute Gasteiger partial charge is 0.573 e. The quantitative estimate of drug-likeness (QED) is 0.693. The lowest BCUT2D eigenvalue weighted by atomic mass is 9.95. The molecule has 4 rings (SSSR count). The van der Waals surface area contributed by atoms with Crippen molar-refractivity contribution < 1.29 is 17.9 Å². The van der Waals surface area contributed by atoms with E-state index in [1.165, 1.54) is 37.5 Å². The number of hydrogen-bond acceptors (Lipinski definition) is 4. The van der Waals surface area contributed by atoms with E-state index in [-0.39, 0.29) is 5.75 Å².